The predicted octanol–water partition coefficient (Wildman–Crippen LogP) is 3.73. The molecule has 0 atom stereocenters. The molecule has 0 aromatic heterocycles. The van der Waals surface area contributed by atoms with Gasteiger partial charge in [-0.15, -0.1) is 0 Å². The van der Waals surface area contributed by atoms with Gasteiger partial charge in [0.2, 0.25) is 9.84 Å². The molecular formula is C12H15ClO2S. The van der Waals surface area contributed by atoms with E-state index in [4.69, 9.17) is 11.6 Å². The number of hydrogen-bond donors (Lipinski definition) is 0. The number of rotatable bonds is 5. The van der Waals surface area contributed by atoms with E-state index in [0.29, 0.717) is 11.5 Å². The fourth-order valence-corrected chi connectivity index (χ4v) is 2.86. The van der Waals surface area contributed by atoms with Gasteiger partial charge in [-0.25, -0.2) is 8.42 Å². The molecule has 0 heterocycles. The zero-order valence-electron chi connectivity index (χ0n) is 9.19. The molecule has 0 unspecified atom stereocenters. The summed E-state index contributed by atoms with van der Waals surface area (Å²) in [5.41, 5.74) is 0. The smallest absolute Gasteiger partial charge is 0.200 e. The lowest BCUT2D eigenvalue weighted by atomic mass is 10.2. The highest BCUT2D eigenvalue weighted by Crippen LogP contribution is 2.18. The van der Waals surface area contributed by atoms with E-state index in [2.05, 4.69) is 0 Å². The van der Waals surface area contributed by atoms with Gasteiger partial charge in [-0.2, -0.15) is 0 Å². The highest BCUT2D eigenvalue weighted by atomic mass is 35.5. The van der Waals surface area contributed by atoms with E-state index in [1.165, 1.54) is 0 Å². The normalized spacial score (nSPS) is 12.8. The number of unbranched alkanes of at least 4 members (excludes halogenated alkanes) is 1. The molecule has 0 saturated carbocycles. The van der Waals surface area contributed by atoms with Crippen molar-refractivity contribution in [3.8, 4) is 0 Å². The number of hydrogen-bond acceptors (Lipinski definition) is 2. The Kier molecular flexibility index (Phi) is 5.03. The average Bonchev–Trinajstić information content (AvgIpc) is 2.27. The second kappa shape index (κ2) is 6.06. The van der Waals surface area contributed by atoms with E-state index in [1.807, 2.05) is 6.92 Å². The second-order valence-electron chi connectivity index (χ2n) is 3.53. The summed E-state index contributed by atoms with van der Waals surface area (Å²) in [5.74, 6) is 0. The standard InChI is InChI=1S/C12H15ClO2S/c1-2-3-7-11(13)10-16(14,15)12-8-5-4-6-9-12/h4-6,8-10H,2-3,7H2,1H3/b11-10+. The third-order valence-corrected chi connectivity index (χ3v) is 4.08. The first-order valence-corrected chi connectivity index (χ1v) is 7.15. The molecule has 0 fully saturated rings. The molecule has 0 saturated heterocycles. The van der Waals surface area contributed by atoms with Gasteiger partial charge >= 0.3 is 0 Å². The molecule has 0 bridgehead atoms. The van der Waals surface area contributed by atoms with Crippen LogP contribution in [-0.4, -0.2) is 8.42 Å². The Hall–Kier alpha value is -0.800. The van der Waals surface area contributed by atoms with E-state index < -0.39 is 9.84 Å². The lowest BCUT2D eigenvalue weighted by molar-refractivity contribution is 0.604. The highest BCUT2D eigenvalue weighted by molar-refractivity contribution is 7.94. The monoisotopic (exact) mass is 258 g/mol. The summed E-state index contributed by atoms with van der Waals surface area (Å²) in [5, 5.41) is 1.55. The van der Waals surface area contributed by atoms with E-state index in [-0.39, 0.29) is 4.90 Å². The lowest BCUT2D eigenvalue weighted by Crippen LogP contribution is -1.96. The average molecular weight is 259 g/mol. The molecule has 0 spiro atoms. The minimum atomic E-state index is -3.38. The fourth-order valence-electron chi connectivity index (χ4n) is 1.25. The molecule has 0 radical (unpaired) electrons. The number of halogens is 1. The van der Waals surface area contributed by atoms with E-state index >= 15 is 0 Å². The number of benzene rings is 1. The van der Waals surface area contributed by atoms with Crippen LogP contribution in [0.1, 0.15) is 26.2 Å². The van der Waals surface area contributed by atoms with Crippen molar-refractivity contribution in [3.05, 3.63) is 40.8 Å². The van der Waals surface area contributed by atoms with E-state index in [1.54, 1.807) is 30.3 Å². The van der Waals surface area contributed by atoms with Gasteiger partial charge in [-0.3, -0.25) is 0 Å². The Morgan fingerprint density at radius 3 is 2.50 bits per heavy atom. The van der Waals surface area contributed by atoms with Crippen molar-refractivity contribution in [1.29, 1.82) is 0 Å². The topological polar surface area (TPSA) is 34.1 Å². The molecule has 2 nitrogen and oxygen atoms in total. The second-order valence-corrected chi connectivity index (χ2v) is 5.81. The molecule has 0 aliphatic rings. The quantitative estimate of drug-likeness (QED) is 0.806. The molecule has 1 aromatic carbocycles. The van der Waals surface area contributed by atoms with Crippen molar-refractivity contribution < 1.29 is 8.42 Å². The van der Waals surface area contributed by atoms with Crippen molar-refractivity contribution in [2.75, 3.05) is 0 Å². The molecular weight excluding hydrogens is 244 g/mol. The van der Waals surface area contributed by atoms with Crippen molar-refractivity contribution >= 4 is 21.4 Å². The molecule has 4 heteroatoms. The highest BCUT2D eigenvalue weighted by Gasteiger charge is 2.11. The van der Waals surface area contributed by atoms with Crippen LogP contribution in [0.15, 0.2) is 45.7 Å². The number of allylic oxidation sites excluding steroid dienone is 1. The zero-order valence-corrected chi connectivity index (χ0v) is 10.8. The van der Waals surface area contributed by atoms with Crippen molar-refractivity contribution in [2.24, 2.45) is 0 Å². The third-order valence-electron chi connectivity index (χ3n) is 2.12. The van der Waals surface area contributed by atoms with Crippen LogP contribution >= 0.6 is 11.6 Å². The van der Waals surface area contributed by atoms with Gasteiger partial charge in [-0.05, 0) is 25.0 Å². The van der Waals surface area contributed by atoms with Crippen LogP contribution in [0.4, 0.5) is 0 Å². The van der Waals surface area contributed by atoms with Gasteiger partial charge in [0, 0.05) is 10.4 Å². The largest absolute Gasteiger partial charge is 0.219 e. The lowest BCUT2D eigenvalue weighted by Gasteiger charge is -2.00. The van der Waals surface area contributed by atoms with Crippen molar-refractivity contribution in [2.45, 2.75) is 31.1 Å². The SMILES string of the molecule is CCCC/C(Cl)=C\S(=O)(=O)c1ccccc1. The minimum absolute atomic E-state index is 0.282. The first-order valence-electron chi connectivity index (χ1n) is 5.22. The van der Waals surface area contributed by atoms with Crippen LogP contribution in [0.5, 0.6) is 0 Å². The maximum atomic E-state index is 11.8. The summed E-state index contributed by atoms with van der Waals surface area (Å²) in [6, 6.07) is 8.30. The molecule has 0 N–H and O–H groups in total. The maximum absolute atomic E-state index is 11.8. The zero-order chi connectivity index (χ0) is 12.0. The van der Waals surface area contributed by atoms with E-state index in [9.17, 15) is 8.42 Å². The fraction of sp³-hybridized carbons (Fsp3) is 0.333. The summed E-state index contributed by atoms with van der Waals surface area (Å²) in [7, 11) is -3.38. The Balaban J connectivity index is 2.88. The van der Waals surface area contributed by atoms with E-state index in [0.717, 1.165) is 18.2 Å². The third kappa shape index (κ3) is 3.99. The predicted molar refractivity (Wildman–Crippen MR) is 67.1 cm³/mol. The Labute approximate surface area is 102 Å². The molecule has 1 aromatic rings. The van der Waals surface area contributed by atoms with Crippen molar-refractivity contribution in [1.82, 2.24) is 0 Å². The summed E-state index contributed by atoms with van der Waals surface area (Å²) in [6.07, 6.45) is 2.51. The van der Waals surface area contributed by atoms with Gasteiger partial charge in [-0.1, -0.05) is 43.1 Å². The molecule has 1 rings (SSSR count). The van der Waals surface area contributed by atoms with Crippen LogP contribution in [0.3, 0.4) is 0 Å². The molecule has 0 amide bonds. The van der Waals surface area contributed by atoms with Gasteiger partial charge in [0.25, 0.3) is 0 Å². The van der Waals surface area contributed by atoms with Crippen LogP contribution in [-0.2, 0) is 9.84 Å². The summed E-state index contributed by atoms with van der Waals surface area (Å²) in [4.78, 5) is 0.282. The van der Waals surface area contributed by atoms with Gasteiger partial charge in [0.15, 0.2) is 0 Å². The summed E-state index contributed by atoms with van der Waals surface area (Å²) < 4.78 is 23.7. The van der Waals surface area contributed by atoms with Crippen LogP contribution < -0.4 is 0 Å². The summed E-state index contributed by atoms with van der Waals surface area (Å²) in [6.45, 7) is 2.04. The maximum Gasteiger partial charge on any atom is 0.200 e. The van der Waals surface area contributed by atoms with Gasteiger partial charge < -0.3 is 0 Å². The molecule has 0 aliphatic heterocycles. The Morgan fingerprint density at radius 1 is 1.31 bits per heavy atom. The molecule has 88 valence electrons. The van der Waals surface area contributed by atoms with Crippen LogP contribution in [0, 0.1) is 0 Å². The van der Waals surface area contributed by atoms with Crippen LogP contribution in [0.2, 0.25) is 0 Å². The Bertz CT molecular complexity index is 449. The Morgan fingerprint density at radius 2 is 1.94 bits per heavy atom. The first-order chi connectivity index (χ1) is 7.56. The molecule has 16 heavy (non-hydrogen) atoms. The number of sulfone groups is 1. The first kappa shape index (κ1) is 13.3. The van der Waals surface area contributed by atoms with Crippen molar-refractivity contribution in [3.63, 3.8) is 0 Å². The van der Waals surface area contributed by atoms with Crippen LogP contribution in [0.25, 0.3) is 0 Å². The van der Waals surface area contributed by atoms with Gasteiger partial charge in [0.05, 0.1) is 4.90 Å². The minimum Gasteiger partial charge on any atom is -0.219 e. The summed E-state index contributed by atoms with van der Waals surface area (Å²) >= 11 is 5.88. The van der Waals surface area contributed by atoms with Gasteiger partial charge in [0.1, 0.15) is 0 Å². The molecule has 0 aliphatic carbocycles.